The van der Waals surface area contributed by atoms with Crippen LogP contribution in [-0.4, -0.2) is 43.1 Å². The van der Waals surface area contributed by atoms with E-state index in [-0.39, 0.29) is 41.4 Å². The number of halogens is 1. The van der Waals surface area contributed by atoms with E-state index in [4.69, 9.17) is 9.47 Å². The van der Waals surface area contributed by atoms with Crippen molar-refractivity contribution in [1.29, 1.82) is 0 Å². The van der Waals surface area contributed by atoms with E-state index in [0.29, 0.717) is 12.4 Å². The Kier molecular flexibility index (Phi) is 5.12. The molecule has 0 unspecified atom stereocenters. The number of aromatic nitrogens is 1. The highest BCUT2D eigenvalue weighted by Gasteiger charge is 2.38. The number of sulfonamides is 1. The molecule has 29 heavy (non-hydrogen) atoms. The second kappa shape index (κ2) is 7.46. The summed E-state index contributed by atoms with van der Waals surface area (Å²) in [5, 5.41) is 0. The number of nitrogens with zero attached hydrogens (tertiary/aromatic N) is 2. The van der Waals surface area contributed by atoms with Gasteiger partial charge in [-0.3, -0.25) is 4.79 Å². The molecule has 0 bridgehead atoms. The minimum absolute atomic E-state index is 0.0209. The Labute approximate surface area is 168 Å². The quantitative estimate of drug-likeness (QED) is 0.685. The fraction of sp³-hybridized carbons (Fsp3) is 0.450. The largest absolute Gasteiger partial charge is 0.491 e. The minimum atomic E-state index is -3.82. The SMILES string of the molecule is CCOc1ccc(S(=O)(=O)N2CC(Oc3cc(C)n(C4CC4)c(=O)c3)C2)cc1F. The van der Waals surface area contributed by atoms with Crippen LogP contribution >= 0.6 is 0 Å². The summed E-state index contributed by atoms with van der Waals surface area (Å²) in [5.74, 6) is -0.251. The maximum absolute atomic E-state index is 14.0. The van der Waals surface area contributed by atoms with Gasteiger partial charge in [-0.2, -0.15) is 4.31 Å². The Morgan fingerprint density at radius 2 is 1.90 bits per heavy atom. The lowest BCUT2D eigenvalue weighted by Gasteiger charge is -2.37. The fourth-order valence-corrected chi connectivity index (χ4v) is 4.99. The van der Waals surface area contributed by atoms with Gasteiger partial charge >= 0.3 is 0 Å². The van der Waals surface area contributed by atoms with Gasteiger partial charge in [-0.15, -0.1) is 0 Å². The van der Waals surface area contributed by atoms with E-state index in [1.165, 1.54) is 22.5 Å². The third-order valence-corrected chi connectivity index (χ3v) is 6.93. The molecule has 0 atom stereocenters. The van der Waals surface area contributed by atoms with Gasteiger partial charge in [-0.05, 0) is 51.0 Å². The van der Waals surface area contributed by atoms with E-state index < -0.39 is 15.8 Å². The van der Waals surface area contributed by atoms with Crippen molar-refractivity contribution < 1.29 is 22.3 Å². The lowest BCUT2D eigenvalue weighted by atomic mass is 10.2. The molecule has 4 rings (SSSR count). The summed E-state index contributed by atoms with van der Waals surface area (Å²) in [6.45, 7) is 4.16. The minimum Gasteiger partial charge on any atom is -0.491 e. The lowest BCUT2D eigenvalue weighted by Crippen LogP contribution is -2.56. The van der Waals surface area contributed by atoms with E-state index >= 15 is 0 Å². The number of aryl methyl sites for hydroxylation is 1. The highest BCUT2D eigenvalue weighted by Crippen LogP contribution is 2.35. The summed E-state index contributed by atoms with van der Waals surface area (Å²) in [6.07, 6.45) is 1.68. The molecular formula is C20H23FN2O5S. The van der Waals surface area contributed by atoms with Crippen molar-refractivity contribution in [1.82, 2.24) is 8.87 Å². The van der Waals surface area contributed by atoms with Crippen molar-refractivity contribution in [2.24, 2.45) is 0 Å². The zero-order valence-electron chi connectivity index (χ0n) is 16.3. The molecule has 156 valence electrons. The summed E-state index contributed by atoms with van der Waals surface area (Å²) in [7, 11) is -3.82. The Morgan fingerprint density at radius 3 is 2.48 bits per heavy atom. The maximum Gasteiger partial charge on any atom is 0.254 e. The Morgan fingerprint density at radius 1 is 1.17 bits per heavy atom. The first-order chi connectivity index (χ1) is 13.8. The van der Waals surface area contributed by atoms with Gasteiger partial charge in [0.25, 0.3) is 5.56 Å². The summed E-state index contributed by atoms with van der Waals surface area (Å²) >= 11 is 0. The van der Waals surface area contributed by atoms with Gasteiger partial charge in [0, 0.05) is 17.8 Å². The highest BCUT2D eigenvalue weighted by molar-refractivity contribution is 7.89. The molecule has 0 radical (unpaired) electrons. The standard InChI is InChI=1S/C20H23FN2O5S/c1-3-27-19-7-6-17(10-18(19)21)29(25,26)22-11-16(12-22)28-15-8-13(2)23(14-4-5-14)20(24)9-15/h6-10,14,16H,3-5,11-12H2,1-2H3. The number of ether oxygens (including phenoxy) is 2. The van der Waals surface area contributed by atoms with Crippen LogP contribution in [0, 0.1) is 12.7 Å². The van der Waals surface area contributed by atoms with Gasteiger partial charge in [0.15, 0.2) is 11.6 Å². The number of pyridine rings is 1. The second-order valence-electron chi connectivity index (χ2n) is 7.36. The number of benzene rings is 1. The Bertz CT molecular complexity index is 1090. The molecule has 0 N–H and O–H groups in total. The zero-order chi connectivity index (χ0) is 20.8. The summed E-state index contributed by atoms with van der Waals surface area (Å²) in [4.78, 5) is 12.2. The summed E-state index contributed by atoms with van der Waals surface area (Å²) in [5.41, 5.74) is 0.736. The smallest absolute Gasteiger partial charge is 0.254 e. The average molecular weight is 422 g/mol. The molecule has 1 saturated carbocycles. The van der Waals surface area contributed by atoms with Crippen molar-refractivity contribution >= 4 is 10.0 Å². The van der Waals surface area contributed by atoms with E-state index in [1.54, 1.807) is 17.6 Å². The maximum atomic E-state index is 14.0. The van der Waals surface area contributed by atoms with Crippen LogP contribution in [0.2, 0.25) is 0 Å². The van der Waals surface area contributed by atoms with Crippen LogP contribution in [0.25, 0.3) is 0 Å². The fourth-order valence-electron chi connectivity index (χ4n) is 3.48. The molecule has 1 aromatic heterocycles. The van der Waals surface area contributed by atoms with Crippen molar-refractivity contribution in [3.8, 4) is 11.5 Å². The molecule has 1 aromatic carbocycles. The van der Waals surface area contributed by atoms with Crippen molar-refractivity contribution in [3.05, 3.63) is 52.2 Å². The molecule has 0 amide bonds. The summed E-state index contributed by atoms with van der Waals surface area (Å²) < 4.78 is 53.3. The topological polar surface area (TPSA) is 77.8 Å². The molecular weight excluding hydrogens is 399 g/mol. The van der Waals surface area contributed by atoms with Crippen molar-refractivity contribution in [2.45, 2.75) is 43.7 Å². The Hall–Kier alpha value is -2.39. The van der Waals surface area contributed by atoms with E-state index in [9.17, 15) is 17.6 Å². The predicted molar refractivity (Wildman–Crippen MR) is 104 cm³/mol. The van der Waals surface area contributed by atoms with Gasteiger partial charge in [0.2, 0.25) is 10.0 Å². The monoisotopic (exact) mass is 422 g/mol. The molecule has 2 heterocycles. The molecule has 2 aromatic rings. The van der Waals surface area contributed by atoms with Crippen molar-refractivity contribution in [2.75, 3.05) is 19.7 Å². The Balaban J connectivity index is 1.42. The highest BCUT2D eigenvalue weighted by atomic mass is 32.2. The first-order valence-corrected chi connectivity index (χ1v) is 11.1. The van der Waals surface area contributed by atoms with Crippen LogP contribution in [0.1, 0.15) is 31.5 Å². The van der Waals surface area contributed by atoms with Gasteiger partial charge in [-0.25, -0.2) is 12.8 Å². The molecule has 1 saturated heterocycles. The molecule has 2 aliphatic rings. The number of hydrogen-bond donors (Lipinski definition) is 0. The van der Waals surface area contributed by atoms with Gasteiger partial charge in [0.1, 0.15) is 11.9 Å². The normalized spacial score (nSPS) is 17.8. The van der Waals surface area contributed by atoms with Crippen LogP contribution in [0.3, 0.4) is 0 Å². The first kappa shape index (κ1) is 19.9. The van der Waals surface area contributed by atoms with Crippen LogP contribution in [-0.2, 0) is 10.0 Å². The molecule has 1 aliphatic heterocycles. The second-order valence-corrected chi connectivity index (χ2v) is 9.30. The van der Waals surface area contributed by atoms with E-state index in [1.807, 2.05) is 6.92 Å². The zero-order valence-corrected chi connectivity index (χ0v) is 17.1. The molecule has 9 heteroatoms. The van der Waals surface area contributed by atoms with Gasteiger partial charge in [0.05, 0.1) is 24.6 Å². The van der Waals surface area contributed by atoms with Crippen LogP contribution in [0.15, 0.2) is 40.0 Å². The summed E-state index contributed by atoms with van der Waals surface area (Å²) in [6, 6.07) is 7.16. The van der Waals surface area contributed by atoms with Crippen LogP contribution in [0.5, 0.6) is 11.5 Å². The van der Waals surface area contributed by atoms with E-state index in [2.05, 4.69) is 0 Å². The predicted octanol–water partition coefficient (Wildman–Crippen LogP) is 2.48. The lowest BCUT2D eigenvalue weighted by molar-refractivity contribution is 0.0758. The molecule has 1 aliphatic carbocycles. The van der Waals surface area contributed by atoms with Crippen molar-refractivity contribution in [3.63, 3.8) is 0 Å². The first-order valence-electron chi connectivity index (χ1n) is 9.62. The van der Waals surface area contributed by atoms with E-state index in [0.717, 1.165) is 24.6 Å². The number of hydrogen-bond acceptors (Lipinski definition) is 5. The average Bonchev–Trinajstić information content (AvgIpc) is 3.43. The molecule has 7 nitrogen and oxygen atoms in total. The molecule has 0 spiro atoms. The third-order valence-electron chi connectivity index (χ3n) is 5.10. The van der Waals surface area contributed by atoms with Gasteiger partial charge < -0.3 is 14.0 Å². The third kappa shape index (κ3) is 3.89. The van der Waals surface area contributed by atoms with Crippen LogP contribution in [0.4, 0.5) is 4.39 Å². The number of rotatable bonds is 7. The van der Waals surface area contributed by atoms with Gasteiger partial charge in [-0.1, -0.05) is 0 Å². The molecule has 2 fully saturated rings. The van der Waals surface area contributed by atoms with Crippen LogP contribution < -0.4 is 15.0 Å².